The Morgan fingerprint density at radius 3 is 2.47 bits per heavy atom. The highest BCUT2D eigenvalue weighted by Gasteiger charge is 2.52. The Labute approximate surface area is 91.4 Å². The second-order valence-corrected chi connectivity index (χ2v) is 5.82. The third kappa shape index (κ3) is 1.42. The summed E-state index contributed by atoms with van der Waals surface area (Å²) in [5.74, 6) is -0.259. The first-order valence-electron chi connectivity index (χ1n) is 5.83. The molecule has 3 aliphatic carbocycles. The molecule has 84 valence electrons. The highest BCUT2D eigenvalue weighted by molar-refractivity contribution is 5.72. The highest BCUT2D eigenvalue weighted by atomic mass is 16.4. The van der Waals surface area contributed by atoms with Crippen molar-refractivity contribution in [3.8, 4) is 0 Å². The first kappa shape index (κ1) is 10.7. The van der Waals surface area contributed by atoms with Gasteiger partial charge in [0.05, 0.1) is 5.92 Å². The van der Waals surface area contributed by atoms with Gasteiger partial charge in [0.2, 0.25) is 0 Å². The fraction of sp³-hybridized carbons (Fsp3) is 0.769. The first-order chi connectivity index (χ1) is 6.90. The molecule has 0 saturated heterocycles. The molecule has 1 fully saturated rings. The average molecular weight is 208 g/mol. The second-order valence-electron chi connectivity index (χ2n) is 5.82. The Kier molecular flexibility index (Phi) is 2.21. The minimum Gasteiger partial charge on any atom is -0.481 e. The number of hydrogen-bond donors (Lipinski definition) is 1. The van der Waals surface area contributed by atoms with Crippen molar-refractivity contribution in [3.63, 3.8) is 0 Å². The van der Waals surface area contributed by atoms with Gasteiger partial charge < -0.3 is 5.11 Å². The van der Waals surface area contributed by atoms with E-state index >= 15 is 0 Å². The molecule has 0 aliphatic heterocycles. The zero-order valence-electron chi connectivity index (χ0n) is 9.79. The van der Waals surface area contributed by atoms with Crippen LogP contribution in [0.25, 0.3) is 0 Å². The first-order valence-corrected chi connectivity index (χ1v) is 5.83. The molecular formula is C13H20O2. The summed E-state index contributed by atoms with van der Waals surface area (Å²) in [6.45, 7) is 6.50. The van der Waals surface area contributed by atoms with Crippen molar-refractivity contribution in [3.05, 3.63) is 12.2 Å². The van der Waals surface area contributed by atoms with Gasteiger partial charge in [-0.05, 0) is 36.0 Å². The van der Waals surface area contributed by atoms with Crippen LogP contribution >= 0.6 is 0 Å². The van der Waals surface area contributed by atoms with Crippen LogP contribution < -0.4 is 0 Å². The zero-order valence-corrected chi connectivity index (χ0v) is 9.79. The topological polar surface area (TPSA) is 37.3 Å². The van der Waals surface area contributed by atoms with Crippen LogP contribution in [0.15, 0.2) is 12.2 Å². The van der Waals surface area contributed by atoms with Crippen LogP contribution in [0.5, 0.6) is 0 Å². The standard InChI is InChI=1S/C13H20O2/c1-9(2)13-6-4-12(3,5-7-13)10(8-13)11(14)15/h4,6,9-10H,5,7-8H2,1-3H3,(H,14,15)/t10?,12-,13?/m0/s1. The molecule has 3 atom stereocenters. The molecule has 3 aliphatic rings. The Bertz CT molecular complexity index is 318. The molecule has 1 N–H and O–H groups in total. The van der Waals surface area contributed by atoms with Gasteiger partial charge in [-0.3, -0.25) is 4.79 Å². The van der Waals surface area contributed by atoms with Gasteiger partial charge in [-0.1, -0.05) is 32.9 Å². The van der Waals surface area contributed by atoms with Crippen LogP contribution in [-0.2, 0) is 4.79 Å². The highest BCUT2D eigenvalue weighted by Crippen LogP contribution is 2.58. The lowest BCUT2D eigenvalue weighted by atomic mass is 9.51. The van der Waals surface area contributed by atoms with Crippen LogP contribution in [0.4, 0.5) is 0 Å². The van der Waals surface area contributed by atoms with Crippen molar-refractivity contribution in [1.29, 1.82) is 0 Å². The second kappa shape index (κ2) is 3.10. The van der Waals surface area contributed by atoms with Gasteiger partial charge in [-0.15, -0.1) is 0 Å². The maximum Gasteiger partial charge on any atom is 0.307 e. The molecule has 3 rings (SSSR count). The Morgan fingerprint density at radius 2 is 2.07 bits per heavy atom. The van der Waals surface area contributed by atoms with E-state index < -0.39 is 5.97 Å². The largest absolute Gasteiger partial charge is 0.481 e. The van der Waals surface area contributed by atoms with E-state index in [0.717, 1.165) is 19.3 Å². The van der Waals surface area contributed by atoms with Gasteiger partial charge in [-0.2, -0.15) is 0 Å². The molecule has 2 bridgehead atoms. The lowest BCUT2D eigenvalue weighted by molar-refractivity contribution is -0.150. The zero-order chi connectivity index (χ0) is 11.3. The van der Waals surface area contributed by atoms with Crippen molar-refractivity contribution in [2.24, 2.45) is 22.7 Å². The van der Waals surface area contributed by atoms with Crippen LogP contribution in [-0.4, -0.2) is 11.1 Å². The van der Waals surface area contributed by atoms with Crippen molar-refractivity contribution < 1.29 is 9.90 Å². The molecule has 0 radical (unpaired) electrons. The molecule has 0 aromatic heterocycles. The smallest absolute Gasteiger partial charge is 0.307 e. The van der Waals surface area contributed by atoms with Crippen molar-refractivity contribution in [2.45, 2.75) is 40.0 Å². The molecule has 0 aromatic carbocycles. The van der Waals surface area contributed by atoms with Crippen LogP contribution in [0.2, 0.25) is 0 Å². The number of allylic oxidation sites excluding steroid dienone is 2. The predicted molar refractivity (Wildman–Crippen MR) is 59.5 cm³/mol. The summed E-state index contributed by atoms with van der Waals surface area (Å²) in [7, 11) is 0. The molecule has 2 nitrogen and oxygen atoms in total. The Balaban J connectivity index is 2.37. The van der Waals surface area contributed by atoms with E-state index in [4.69, 9.17) is 0 Å². The fourth-order valence-electron chi connectivity index (χ4n) is 3.18. The van der Waals surface area contributed by atoms with Crippen LogP contribution in [0.3, 0.4) is 0 Å². The van der Waals surface area contributed by atoms with Crippen molar-refractivity contribution >= 4 is 5.97 Å². The maximum atomic E-state index is 11.3. The third-order valence-corrected chi connectivity index (χ3v) is 4.75. The maximum absolute atomic E-state index is 11.3. The number of carboxylic acid groups (broad SMARTS) is 1. The number of fused-ring (bicyclic) bond motifs is 2. The Hall–Kier alpha value is -0.790. The van der Waals surface area contributed by atoms with Gasteiger partial charge >= 0.3 is 5.97 Å². The number of aliphatic carboxylic acids is 1. The van der Waals surface area contributed by atoms with Gasteiger partial charge in [0.1, 0.15) is 0 Å². The number of rotatable bonds is 2. The van der Waals surface area contributed by atoms with Gasteiger partial charge in [-0.25, -0.2) is 0 Å². The predicted octanol–water partition coefficient (Wildman–Crippen LogP) is 3.09. The van der Waals surface area contributed by atoms with Crippen molar-refractivity contribution in [2.75, 3.05) is 0 Å². The van der Waals surface area contributed by atoms with Gasteiger partial charge in [0, 0.05) is 0 Å². The molecule has 2 unspecified atom stereocenters. The SMILES string of the molecule is CC(C)C12C=C[C@@](C)(CC1)C(C(=O)O)C2. The van der Waals surface area contributed by atoms with E-state index in [9.17, 15) is 9.90 Å². The molecule has 0 spiro atoms. The monoisotopic (exact) mass is 208 g/mol. The van der Waals surface area contributed by atoms with E-state index in [1.807, 2.05) is 0 Å². The molecule has 0 amide bonds. The average Bonchev–Trinajstić information content (AvgIpc) is 2.18. The summed E-state index contributed by atoms with van der Waals surface area (Å²) in [4.78, 5) is 11.3. The van der Waals surface area contributed by atoms with Crippen LogP contribution in [0, 0.1) is 22.7 Å². The lowest BCUT2D eigenvalue weighted by Gasteiger charge is -2.53. The molecule has 2 heteroatoms. The van der Waals surface area contributed by atoms with E-state index in [1.165, 1.54) is 0 Å². The molecular weight excluding hydrogens is 188 g/mol. The summed E-state index contributed by atoms with van der Waals surface area (Å²) in [5, 5.41) is 9.29. The number of hydrogen-bond acceptors (Lipinski definition) is 1. The third-order valence-electron chi connectivity index (χ3n) is 4.75. The van der Waals surface area contributed by atoms with E-state index in [2.05, 4.69) is 32.9 Å². The van der Waals surface area contributed by atoms with Crippen molar-refractivity contribution in [1.82, 2.24) is 0 Å². The minimum atomic E-state index is -0.619. The summed E-state index contributed by atoms with van der Waals surface area (Å²) < 4.78 is 0. The Morgan fingerprint density at radius 1 is 1.40 bits per heavy atom. The summed E-state index contributed by atoms with van der Waals surface area (Å²) in [6.07, 6.45) is 7.46. The minimum absolute atomic E-state index is 0.0948. The summed E-state index contributed by atoms with van der Waals surface area (Å²) in [5.41, 5.74) is 0.0588. The van der Waals surface area contributed by atoms with E-state index in [1.54, 1.807) is 0 Å². The van der Waals surface area contributed by atoms with Crippen LogP contribution in [0.1, 0.15) is 40.0 Å². The van der Waals surface area contributed by atoms with Gasteiger partial charge in [0.15, 0.2) is 0 Å². The molecule has 1 saturated carbocycles. The molecule has 15 heavy (non-hydrogen) atoms. The normalized spacial score (nSPS) is 43.6. The fourth-order valence-corrected chi connectivity index (χ4v) is 3.18. The molecule has 0 aromatic rings. The molecule has 0 heterocycles. The lowest BCUT2D eigenvalue weighted by Crippen LogP contribution is -2.47. The quantitative estimate of drug-likeness (QED) is 0.708. The number of carbonyl (C=O) groups is 1. The van der Waals surface area contributed by atoms with E-state index in [0.29, 0.717) is 5.92 Å². The summed E-state index contributed by atoms with van der Waals surface area (Å²) in [6, 6.07) is 0. The number of carboxylic acids is 1. The summed E-state index contributed by atoms with van der Waals surface area (Å²) >= 11 is 0. The van der Waals surface area contributed by atoms with E-state index in [-0.39, 0.29) is 16.7 Å². The van der Waals surface area contributed by atoms with Gasteiger partial charge in [0.25, 0.3) is 0 Å².